The number of aryl methyl sites for hydroxylation is 1. The number of cyclic esters (lactones) is 1. The van der Waals surface area contributed by atoms with E-state index in [2.05, 4.69) is 4.74 Å². The number of aliphatic hydroxyl groups is 1. The Morgan fingerprint density at radius 2 is 2.21 bits per heavy atom. The second kappa shape index (κ2) is 2.99. The highest BCUT2D eigenvalue weighted by atomic mass is 16.6. The monoisotopic (exact) mass is 194 g/mol. The zero-order chi connectivity index (χ0) is 10.3. The fourth-order valence-electron chi connectivity index (χ4n) is 1.53. The molecule has 1 aromatic rings. The second-order valence-corrected chi connectivity index (χ2v) is 3.17. The maximum absolute atomic E-state index is 11.2. The van der Waals surface area contributed by atoms with E-state index in [9.17, 15) is 9.90 Å². The van der Waals surface area contributed by atoms with Crippen molar-refractivity contribution in [1.82, 2.24) is 0 Å². The highest BCUT2D eigenvalue weighted by Crippen LogP contribution is 2.33. The van der Waals surface area contributed by atoms with Gasteiger partial charge in [0.2, 0.25) is 6.29 Å². The van der Waals surface area contributed by atoms with Crippen molar-refractivity contribution < 1.29 is 19.4 Å². The molecule has 4 heteroatoms. The lowest BCUT2D eigenvalue weighted by atomic mass is 10.1. The Bertz CT molecular complexity index is 397. The van der Waals surface area contributed by atoms with Crippen LogP contribution in [0.2, 0.25) is 0 Å². The van der Waals surface area contributed by atoms with Crippen molar-refractivity contribution in [3.05, 3.63) is 28.8 Å². The largest absolute Gasteiger partial charge is 0.496 e. The van der Waals surface area contributed by atoms with Crippen LogP contribution in [0.25, 0.3) is 0 Å². The van der Waals surface area contributed by atoms with Crippen LogP contribution < -0.4 is 4.74 Å². The molecule has 1 aliphatic heterocycles. The minimum absolute atomic E-state index is 0.413. The van der Waals surface area contributed by atoms with Crippen LogP contribution in [0.15, 0.2) is 12.1 Å². The van der Waals surface area contributed by atoms with E-state index in [1.54, 1.807) is 19.2 Å². The van der Waals surface area contributed by atoms with Crippen LogP contribution in [-0.4, -0.2) is 18.2 Å². The lowest BCUT2D eigenvalue weighted by Crippen LogP contribution is -1.96. The third-order valence-corrected chi connectivity index (χ3v) is 2.27. The van der Waals surface area contributed by atoms with E-state index in [4.69, 9.17) is 4.74 Å². The number of carbonyl (C=O) groups is 1. The number of fused-ring (bicyclic) bond motifs is 1. The smallest absolute Gasteiger partial charge is 0.341 e. The highest BCUT2D eigenvalue weighted by Gasteiger charge is 2.30. The Kier molecular flexibility index (Phi) is 1.93. The Morgan fingerprint density at radius 3 is 2.86 bits per heavy atom. The number of rotatable bonds is 1. The van der Waals surface area contributed by atoms with Gasteiger partial charge in [0, 0.05) is 5.56 Å². The predicted octanol–water partition coefficient (Wildman–Crippen LogP) is 1.16. The van der Waals surface area contributed by atoms with E-state index in [1.165, 1.54) is 0 Å². The van der Waals surface area contributed by atoms with E-state index in [-0.39, 0.29) is 0 Å². The predicted molar refractivity (Wildman–Crippen MR) is 48.1 cm³/mol. The molecule has 1 unspecified atom stereocenters. The third-order valence-electron chi connectivity index (χ3n) is 2.27. The highest BCUT2D eigenvalue weighted by molar-refractivity contribution is 5.94. The standard InChI is InChI=1S/C10H10O4/c1-5-3-6-7(4-8(5)13-2)10(12)14-9(6)11/h3-4,10,12H,1-2H3. The number of aliphatic hydroxyl groups excluding tert-OH is 1. The molecule has 0 spiro atoms. The summed E-state index contributed by atoms with van der Waals surface area (Å²) in [7, 11) is 1.54. The van der Waals surface area contributed by atoms with Crippen LogP contribution in [-0.2, 0) is 4.74 Å². The molecule has 1 aliphatic rings. The summed E-state index contributed by atoms with van der Waals surface area (Å²) in [6.45, 7) is 1.83. The summed E-state index contributed by atoms with van der Waals surface area (Å²) in [5, 5.41) is 9.36. The molecule has 1 N–H and O–H groups in total. The van der Waals surface area contributed by atoms with Crippen molar-refractivity contribution in [3.63, 3.8) is 0 Å². The van der Waals surface area contributed by atoms with E-state index in [1.807, 2.05) is 6.92 Å². The molecular formula is C10H10O4. The van der Waals surface area contributed by atoms with Gasteiger partial charge in [-0.1, -0.05) is 0 Å². The van der Waals surface area contributed by atoms with Crippen molar-refractivity contribution in [2.45, 2.75) is 13.2 Å². The van der Waals surface area contributed by atoms with Gasteiger partial charge in [-0.2, -0.15) is 0 Å². The molecule has 74 valence electrons. The molecule has 0 saturated heterocycles. The van der Waals surface area contributed by atoms with Gasteiger partial charge in [0.05, 0.1) is 12.7 Å². The molecule has 1 heterocycles. The summed E-state index contributed by atoms with van der Waals surface area (Å²) >= 11 is 0. The van der Waals surface area contributed by atoms with Gasteiger partial charge in [0.1, 0.15) is 5.75 Å². The van der Waals surface area contributed by atoms with Gasteiger partial charge in [0.15, 0.2) is 0 Å². The van der Waals surface area contributed by atoms with Gasteiger partial charge in [-0.15, -0.1) is 0 Å². The topological polar surface area (TPSA) is 55.8 Å². The lowest BCUT2D eigenvalue weighted by molar-refractivity contribution is -0.0548. The summed E-state index contributed by atoms with van der Waals surface area (Å²) in [5.41, 5.74) is 1.73. The number of hydrogen-bond donors (Lipinski definition) is 1. The molecule has 1 aromatic carbocycles. The van der Waals surface area contributed by atoms with E-state index < -0.39 is 12.3 Å². The minimum atomic E-state index is -1.16. The molecule has 0 amide bonds. The molecule has 0 radical (unpaired) electrons. The van der Waals surface area contributed by atoms with Crippen LogP contribution in [0, 0.1) is 6.92 Å². The van der Waals surface area contributed by atoms with Crippen LogP contribution in [0.5, 0.6) is 5.75 Å². The molecule has 2 rings (SSSR count). The second-order valence-electron chi connectivity index (χ2n) is 3.17. The van der Waals surface area contributed by atoms with Gasteiger partial charge < -0.3 is 14.6 Å². The number of hydrogen-bond acceptors (Lipinski definition) is 4. The van der Waals surface area contributed by atoms with Crippen LogP contribution >= 0.6 is 0 Å². The molecule has 0 aliphatic carbocycles. The number of ether oxygens (including phenoxy) is 2. The number of esters is 1. The first-order valence-electron chi connectivity index (χ1n) is 4.21. The number of benzene rings is 1. The maximum atomic E-state index is 11.2. The first-order chi connectivity index (χ1) is 6.63. The molecular weight excluding hydrogens is 184 g/mol. The fourth-order valence-corrected chi connectivity index (χ4v) is 1.53. The van der Waals surface area contributed by atoms with E-state index in [0.717, 1.165) is 5.56 Å². The van der Waals surface area contributed by atoms with Gasteiger partial charge in [-0.3, -0.25) is 0 Å². The Labute approximate surface area is 81.1 Å². The summed E-state index contributed by atoms with van der Waals surface area (Å²) in [6, 6.07) is 3.28. The van der Waals surface area contributed by atoms with Gasteiger partial charge >= 0.3 is 5.97 Å². The van der Waals surface area contributed by atoms with Crippen molar-refractivity contribution in [1.29, 1.82) is 0 Å². The van der Waals surface area contributed by atoms with Crippen molar-refractivity contribution in [2.24, 2.45) is 0 Å². The van der Waals surface area contributed by atoms with Crippen molar-refractivity contribution in [3.8, 4) is 5.75 Å². The van der Waals surface area contributed by atoms with Gasteiger partial charge in [-0.25, -0.2) is 4.79 Å². The molecule has 1 atom stereocenters. The van der Waals surface area contributed by atoms with Crippen LogP contribution in [0.1, 0.15) is 27.8 Å². The number of methoxy groups -OCH3 is 1. The molecule has 4 nitrogen and oxygen atoms in total. The molecule has 0 saturated carbocycles. The third kappa shape index (κ3) is 1.15. The van der Waals surface area contributed by atoms with E-state index in [0.29, 0.717) is 16.9 Å². The zero-order valence-corrected chi connectivity index (χ0v) is 7.90. The summed E-state index contributed by atoms with van der Waals surface area (Å²) in [5.74, 6) is 0.152. The minimum Gasteiger partial charge on any atom is -0.496 e. The Morgan fingerprint density at radius 1 is 1.50 bits per heavy atom. The lowest BCUT2D eigenvalue weighted by Gasteiger charge is -2.06. The van der Waals surface area contributed by atoms with Crippen molar-refractivity contribution >= 4 is 5.97 Å². The maximum Gasteiger partial charge on any atom is 0.341 e. The molecule has 14 heavy (non-hydrogen) atoms. The average molecular weight is 194 g/mol. The number of carbonyl (C=O) groups excluding carboxylic acids is 1. The summed E-state index contributed by atoms with van der Waals surface area (Å²) in [6.07, 6.45) is -1.16. The Balaban J connectivity index is 2.59. The Hall–Kier alpha value is -1.55. The van der Waals surface area contributed by atoms with Gasteiger partial charge in [0.25, 0.3) is 0 Å². The zero-order valence-electron chi connectivity index (χ0n) is 7.90. The van der Waals surface area contributed by atoms with Crippen LogP contribution in [0.4, 0.5) is 0 Å². The van der Waals surface area contributed by atoms with Crippen LogP contribution in [0.3, 0.4) is 0 Å². The van der Waals surface area contributed by atoms with E-state index >= 15 is 0 Å². The van der Waals surface area contributed by atoms with Gasteiger partial charge in [-0.05, 0) is 24.6 Å². The first-order valence-corrected chi connectivity index (χ1v) is 4.21. The quantitative estimate of drug-likeness (QED) is 0.681. The fraction of sp³-hybridized carbons (Fsp3) is 0.300. The SMILES string of the molecule is COc1cc2c(cc1C)C(=O)OC2O. The summed E-state index contributed by atoms with van der Waals surface area (Å²) < 4.78 is 9.72. The summed E-state index contributed by atoms with van der Waals surface area (Å²) in [4.78, 5) is 11.2. The average Bonchev–Trinajstić information content (AvgIpc) is 2.41. The molecule has 0 fully saturated rings. The van der Waals surface area contributed by atoms with Crippen molar-refractivity contribution in [2.75, 3.05) is 7.11 Å². The molecule has 0 bridgehead atoms. The molecule has 0 aromatic heterocycles. The normalized spacial score (nSPS) is 19.1. The first kappa shape index (κ1) is 9.02.